The maximum absolute atomic E-state index is 13.7. The Hall–Kier alpha value is -3.03. The van der Waals surface area contributed by atoms with E-state index in [1.54, 1.807) is 11.1 Å². The molecule has 2 amide bonds. The number of amides is 2. The van der Waals surface area contributed by atoms with Crippen LogP contribution in [0.1, 0.15) is 76.4 Å². The Kier molecular flexibility index (Phi) is 7.34. The Morgan fingerprint density at radius 2 is 1.47 bits per heavy atom. The van der Waals surface area contributed by atoms with Crippen LogP contribution in [0, 0.1) is 0 Å². The average Bonchev–Trinajstić information content (AvgIpc) is 3.29. The molecule has 36 heavy (non-hydrogen) atoms. The number of nitrogens with zero attached hydrogens (tertiary/aromatic N) is 5. The van der Waals surface area contributed by atoms with Crippen LogP contribution in [0.2, 0.25) is 0 Å². The predicted octanol–water partition coefficient (Wildman–Crippen LogP) is 4.72. The van der Waals surface area contributed by atoms with Crippen LogP contribution in [0.5, 0.6) is 0 Å². The van der Waals surface area contributed by atoms with E-state index in [0.717, 1.165) is 31.6 Å². The van der Waals surface area contributed by atoms with Crippen LogP contribution in [0.3, 0.4) is 0 Å². The lowest BCUT2D eigenvalue weighted by Gasteiger charge is -2.37. The third-order valence-electron chi connectivity index (χ3n) is 6.89. The van der Waals surface area contributed by atoms with Crippen LogP contribution in [-0.4, -0.2) is 76.5 Å². The van der Waals surface area contributed by atoms with E-state index in [4.69, 9.17) is 9.84 Å². The van der Waals surface area contributed by atoms with E-state index in [2.05, 4.69) is 37.8 Å². The van der Waals surface area contributed by atoms with Crippen LogP contribution in [0.15, 0.2) is 36.5 Å². The van der Waals surface area contributed by atoms with Crippen LogP contribution in [0.25, 0.3) is 0 Å². The Bertz CT molecular complexity index is 1050. The molecule has 2 aliphatic heterocycles. The highest BCUT2D eigenvalue weighted by Crippen LogP contribution is 2.34. The molecule has 2 saturated heterocycles. The number of piperidine rings is 1. The number of carbonyl (C=O) groups is 2. The second kappa shape index (κ2) is 10.1. The van der Waals surface area contributed by atoms with E-state index in [0.29, 0.717) is 31.7 Å². The summed E-state index contributed by atoms with van der Waals surface area (Å²) in [6, 6.07) is 10.4. The number of hydrogen-bond donors (Lipinski definition) is 0. The second-order valence-corrected chi connectivity index (χ2v) is 11.9. The molecule has 0 aliphatic carbocycles. The summed E-state index contributed by atoms with van der Waals surface area (Å²) in [6.07, 6.45) is 3.05. The van der Waals surface area contributed by atoms with Gasteiger partial charge in [-0.25, -0.2) is 4.79 Å². The standard InChI is InChI=1S/C28H41N5O3/c1-27(2,3)33-24(21-12-14-32(15-13-21)26(35)36-28(4,5)6)23(20-29-33)25(34)31-18-16-30(17-19-31)22-10-8-7-9-11-22/h7-11,20-21H,12-19H2,1-6H3. The Labute approximate surface area is 215 Å². The minimum Gasteiger partial charge on any atom is -0.444 e. The first kappa shape index (κ1) is 26.0. The first-order valence-corrected chi connectivity index (χ1v) is 13.1. The molecule has 0 bridgehead atoms. The highest BCUT2D eigenvalue weighted by molar-refractivity contribution is 5.95. The monoisotopic (exact) mass is 495 g/mol. The van der Waals surface area contributed by atoms with E-state index in [9.17, 15) is 9.59 Å². The Morgan fingerprint density at radius 1 is 0.861 bits per heavy atom. The first-order valence-electron chi connectivity index (χ1n) is 13.1. The van der Waals surface area contributed by atoms with Gasteiger partial charge in [0.05, 0.1) is 23.0 Å². The molecule has 1 aromatic heterocycles. The summed E-state index contributed by atoms with van der Waals surface area (Å²) < 4.78 is 7.59. The zero-order valence-corrected chi connectivity index (χ0v) is 22.7. The molecule has 0 saturated carbocycles. The van der Waals surface area contributed by atoms with Crippen molar-refractivity contribution in [3.05, 3.63) is 47.8 Å². The molecule has 3 heterocycles. The van der Waals surface area contributed by atoms with Crippen LogP contribution in [0.4, 0.5) is 10.5 Å². The van der Waals surface area contributed by atoms with E-state index < -0.39 is 5.60 Å². The molecule has 2 fully saturated rings. The van der Waals surface area contributed by atoms with Crippen molar-refractivity contribution < 1.29 is 14.3 Å². The summed E-state index contributed by atoms with van der Waals surface area (Å²) in [5.74, 6) is 0.220. The summed E-state index contributed by atoms with van der Waals surface area (Å²) >= 11 is 0. The Balaban J connectivity index is 1.48. The molecule has 8 heteroatoms. The fourth-order valence-corrected chi connectivity index (χ4v) is 5.09. The summed E-state index contributed by atoms with van der Waals surface area (Å²) in [7, 11) is 0. The van der Waals surface area contributed by atoms with Gasteiger partial charge in [-0.1, -0.05) is 18.2 Å². The molecular formula is C28H41N5O3. The number of likely N-dealkylation sites (tertiary alicyclic amines) is 1. The smallest absolute Gasteiger partial charge is 0.410 e. The molecule has 0 N–H and O–H groups in total. The van der Waals surface area contributed by atoms with Crippen LogP contribution < -0.4 is 4.90 Å². The number of aromatic nitrogens is 2. The predicted molar refractivity (Wildman–Crippen MR) is 142 cm³/mol. The maximum Gasteiger partial charge on any atom is 0.410 e. The lowest BCUT2D eigenvalue weighted by Crippen LogP contribution is -2.49. The van der Waals surface area contributed by atoms with Gasteiger partial charge in [-0.15, -0.1) is 0 Å². The molecule has 0 unspecified atom stereocenters. The number of anilines is 1. The lowest BCUT2D eigenvalue weighted by atomic mass is 9.90. The van der Waals surface area contributed by atoms with Gasteiger partial charge >= 0.3 is 6.09 Å². The van der Waals surface area contributed by atoms with Crippen molar-refractivity contribution in [3.8, 4) is 0 Å². The fourth-order valence-electron chi connectivity index (χ4n) is 5.09. The number of ether oxygens (including phenoxy) is 1. The van der Waals surface area contributed by atoms with Crippen molar-refractivity contribution in [2.24, 2.45) is 0 Å². The highest BCUT2D eigenvalue weighted by Gasteiger charge is 2.35. The van der Waals surface area contributed by atoms with E-state index in [1.165, 1.54) is 5.69 Å². The van der Waals surface area contributed by atoms with Gasteiger partial charge in [-0.3, -0.25) is 9.48 Å². The van der Waals surface area contributed by atoms with Crippen molar-refractivity contribution >= 4 is 17.7 Å². The van der Waals surface area contributed by atoms with Gasteiger partial charge in [0.15, 0.2) is 0 Å². The van der Waals surface area contributed by atoms with Crippen molar-refractivity contribution in [3.63, 3.8) is 0 Å². The molecule has 0 radical (unpaired) electrons. The van der Waals surface area contributed by atoms with Gasteiger partial charge in [-0.2, -0.15) is 5.10 Å². The second-order valence-electron chi connectivity index (χ2n) is 11.9. The zero-order valence-electron chi connectivity index (χ0n) is 22.7. The highest BCUT2D eigenvalue weighted by atomic mass is 16.6. The molecule has 4 rings (SSSR count). The van der Waals surface area contributed by atoms with Gasteiger partial charge in [0.1, 0.15) is 5.60 Å². The third kappa shape index (κ3) is 5.85. The van der Waals surface area contributed by atoms with Crippen molar-refractivity contribution in [1.29, 1.82) is 0 Å². The molecule has 1 aromatic carbocycles. The van der Waals surface area contributed by atoms with E-state index >= 15 is 0 Å². The topological polar surface area (TPSA) is 70.9 Å². The molecular weight excluding hydrogens is 454 g/mol. The normalized spacial score (nSPS) is 17.9. The molecule has 0 spiro atoms. The molecule has 8 nitrogen and oxygen atoms in total. The lowest BCUT2D eigenvalue weighted by molar-refractivity contribution is 0.0201. The number of para-hydroxylation sites is 1. The van der Waals surface area contributed by atoms with Gasteiger partial charge in [0.25, 0.3) is 5.91 Å². The van der Waals surface area contributed by atoms with Crippen molar-refractivity contribution in [2.75, 3.05) is 44.2 Å². The largest absolute Gasteiger partial charge is 0.444 e. The fraction of sp³-hybridized carbons (Fsp3) is 0.607. The van der Waals surface area contributed by atoms with Gasteiger partial charge < -0.3 is 19.4 Å². The average molecular weight is 496 g/mol. The number of piperazine rings is 1. The van der Waals surface area contributed by atoms with E-state index in [1.807, 2.05) is 48.6 Å². The SMILES string of the molecule is CC(C)(C)OC(=O)N1CCC(c2c(C(=O)N3CCN(c4ccccc4)CC3)cnn2C(C)(C)C)CC1. The minimum atomic E-state index is -0.511. The Morgan fingerprint density at radius 3 is 2.03 bits per heavy atom. The number of hydrogen-bond acceptors (Lipinski definition) is 5. The molecule has 0 atom stereocenters. The summed E-state index contributed by atoms with van der Waals surface area (Å²) in [5, 5.41) is 4.70. The minimum absolute atomic E-state index is 0.0581. The summed E-state index contributed by atoms with van der Waals surface area (Å²) in [6.45, 7) is 16.2. The van der Waals surface area contributed by atoms with Crippen LogP contribution >= 0.6 is 0 Å². The maximum atomic E-state index is 13.7. The summed E-state index contributed by atoms with van der Waals surface area (Å²) in [4.78, 5) is 32.4. The van der Waals surface area contributed by atoms with Crippen molar-refractivity contribution in [2.45, 2.75) is 71.4 Å². The van der Waals surface area contributed by atoms with Gasteiger partial charge in [0.2, 0.25) is 0 Å². The summed E-state index contributed by atoms with van der Waals surface area (Å²) in [5.41, 5.74) is 2.14. The quantitative estimate of drug-likeness (QED) is 0.617. The number of carbonyl (C=O) groups excluding carboxylic acids is 2. The van der Waals surface area contributed by atoms with Crippen molar-refractivity contribution in [1.82, 2.24) is 19.6 Å². The molecule has 2 aromatic rings. The zero-order chi connectivity index (χ0) is 26.1. The third-order valence-corrected chi connectivity index (χ3v) is 6.89. The van der Waals surface area contributed by atoms with Gasteiger partial charge in [0, 0.05) is 50.9 Å². The first-order chi connectivity index (χ1) is 16.9. The van der Waals surface area contributed by atoms with Gasteiger partial charge in [-0.05, 0) is 66.5 Å². The molecule has 196 valence electrons. The molecule has 2 aliphatic rings. The number of rotatable bonds is 3. The number of benzene rings is 1. The van der Waals surface area contributed by atoms with Crippen LogP contribution in [-0.2, 0) is 10.3 Å². The van der Waals surface area contributed by atoms with E-state index in [-0.39, 0.29) is 23.5 Å².